The highest BCUT2D eigenvalue weighted by Crippen LogP contribution is 2.26. The average molecular weight is 422 g/mol. The molecule has 3 aromatic carbocycles. The fourth-order valence-corrected chi connectivity index (χ4v) is 3.86. The summed E-state index contributed by atoms with van der Waals surface area (Å²) in [6.07, 6.45) is 0. The molecule has 0 spiro atoms. The van der Waals surface area contributed by atoms with Gasteiger partial charge in [-0.05, 0) is 73.5 Å². The Hall–Kier alpha value is -4.12. The number of hydrogen-bond acceptors (Lipinski definition) is 5. The summed E-state index contributed by atoms with van der Waals surface area (Å²) in [5.74, 6) is 2.22. The first-order valence-corrected chi connectivity index (χ1v) is 10.5. The minimum absolute atomic E-state index is 0.688. The van der Waals surface area contributed by atoms with Crippen molar-refractivity contribution in [2.24, 2.45) is 5.10 Å². The molecule has 5 rings (SSSR count). The summed E-state index contributed by atoms with van der Waals surface area (Å²) < 4.78 is 11.6. The molecule has 0 amide bonds. The Kier molecular flexibility index (Phi) is 5.07. The van der Waals surface area contributed by atoms with Crippen LogP contribution in [0.1, 0.15) is 11.1 Å². The molecule has 0 saturated carbocycles. The predicted octanol–water partition coefficient (Wildman–Crippen LogP) is 6.20. The van der Waals surface area contributed by atoms with Crippen LogP contribution < -0.4 is 15.5 Å². The van der Waals surface area contributed by atoms with Crippen molar-refractivity contribution in [3.63, 3.8) is 0 Å². The number of hydrogen-bond donors (Lipinski definition) is 1. The highest BCUT2D eigenvalue weighted by Gasteiger charge is 2.10. The van der Waals surface area contributed by atoms with E-state index in [9.17, 15) is 0 Å². The highest BCUT2D eigenvalue weighted by molar-refractivity contribution is 5.82. The zero-order valence-corrected chi connectivity index (χ0v) is 18.2. The molecular weight excluding hydrogens is 398 g/mol. The molecule has 0 radical (unpaired) electrons. The summed E-state index contributed by atoms with van der Waals surface area (Å²) in [6, 6.07) is 26.0. The van der Waals surface area contributed by atoms with Crippen LogP contribution in [0.15, 0.2) is 88.4 Å². The maximum Gasteiger partial charge on any atom is 0.146 e. The largest absolute Gasteiger partial charge is 0.497 e. The molecule has 0 aliphatic rings. The van der Waals surface area contributed by atoms with Gasteiger partial charge in [0.1, 0.15) is 22.9 Å². The number of nitrogens with zero attached hydrogens (tertiary/aromatic N) is 2. The van der Waals surface area contributed by atoms with Crippen molar-refractivity contribution in [1.82, 2.24) is 4.98 Å². The van der Waals surface area contributed by atoms with Gasteiger partial charge in [-0.3, -0.25) is 5.43 Å². The van der Waals surface area contributed by atoms with Crippen molar-refractivity contribution >= 4 is 27.7 Å². The van der Waals surface area contributed by atoms with Crippen LogP contribution in [0.5, 0.6) is 5.75 Å². The predicted molar refractivity (Wildman–Crippen MR) is 129 cm³/mol. The van der Waals surface area contributed by atoms with E-state index in [4.69, 9.17) is 14.3 Å². The van der Waals surface area contributed by atoms with Crippen LogP contribution in [0.3, 0.4) is 0 Å². The van der Waals surface area contributed by atoms with E-state index in [1.165, 1.54) is 0 Å². The Morgan fingerprint density at radius 1 is 0.906 bits per heavy atom. The van der Waals surface area contributed by atoms with E-state index in [1.54, 1.807) is 7.11 Å². The molecule has 0 saturated heterocycles. The zero-order valence-electron chi connectivity index (χ0n) is 18.2. The molecule has 2 aromatic heterocycles. The summed E-state index contributed by atoms with van der Waals surface area (Å²) in [7, 11) is 1.66. The fraction of sp³-hybridized carbons (Fsp3) is 0.111. The molecule has 0 unspecified atom stereocenters. The van der Waals surface area contributed by atoms with E-state index >= 15 is 0 Å². The summed E-state index contributed by atoms with van der Waals surface area (Å²) >= 11 is 0. The Labute approximate surface area is 186 Å². The van der Waals surface area contributed by atoms with E-state index < -0.39 is 0 Å². The van der Waals surface area contributed by atoms with Crippen molar-refractivity contribution in [2.45, 2.75) is 13.8 Å². The zero-order chi connectivity index (χ0) is 22.1. The Bertz CT molecular complexity index is 1500. The number of fused-ring (bicyclic) bond motifs is 2. The number of nitrogens with one attached hydrogen (secondary N) is 1. The molecule has 5 heteroatoms. The first-order valence-electron chi connectivity index (χ1n) is 10.5. The number of ether oxygens (including phenoxy) is 1. The van der Waals surface area contributed by atoms with Crippen LogP contribution in [0.4, 0.5) is 5.82 Å². The van der Waals surface area contributed by atoms with Gasteiger partial charge < -0.3 is 9.15 Å². The smallest absolute Gasteiger partial charge is 0.146 e. The minimum atomic E-state index is 0.688. The second-order valence-electron chi connectivity index (χ2n) is 7.80. The number of rotatable bonds is 4. The Morgan fingerprint density at radius 3 is 2.53 bits per heavy atom. The number of para-hydroxylation sites is 1. The molecular formula is C27H23N3O2. The van der Waals surface area contributed by atoms with E-state index in [0.717, 1.165) is 55.4 Å². The molecule has 0 fully saturated rings. The summed E-state index contributed by atoms with van der Waals surface area (Å²) in [5.41, 5.74) is 8.04. The third-order valence-electron chi connectivity index (χ3n) is 5.44. The van der Waals surface area contributed by atoms with Gasteiger partial charge in [-0.25, -0.2) is 4.98 Å². The SMILES string of the molecule is COc1ccc(-c2c/c(=N\Nc3ccc4ccccc4n3)c3cc(C)cc(C)c3o2)cc1. The molecule has 1 N–H and O–H groups in total. The van der Waals surface area contributed by atoms with Gasteiger partial charge in [0.05, 0.1) is 18.0 Å². The molecule has 5 aromatic rings. The lowest BCUT2D eigenvalue weighted by atomic mass is 10.1. The highest BCUT2D eigenvalue weighted by atomic mass is 16.5. The minimum Gasteiger partial charge on any atom is -0.497 e. The summed E-state index contributed by atoms with van der Waals surface area (Å²) in [6.45, 7) is 4.13. The Morgan fingerprint density at radius 2 is 1.72 bits per heavy atom. The van der Waals surface area contributed by atoms with Gasteiger partial charge >= 0.3 is 0 Å². The fourth-order valence-electron chi connectivity index (χ4n) is 3.86. The third-order valence-corrected chi connectivity index (χ3v) is 5.44. The molecule has 0 aliphatic heterocycles. The summed E-state index contributed by atoms with van der Waals surface area (Å²) in [4.78, 5) is 4.66. The van der Waals surface area contributed by atoms with Gasteiger partial charge in [0.25, 0.3) is 0 Å². The Balaban J connectivity index is 1.65. The second-order valence-corrected chi connectivity index (χ2v) is 7.80. The maximum absolute atomic E-state index is 6.31. The second kappa shape index (κ2) is 8.19. The van der Waals surface area contributed by atoms with Gasteiger partial charge in [0, 0.05) is 22.4 Å². The topological polar surface area (TPSA) is 59.6 Å². The number of pyridine rings is 1. The van der Waals surface area contributed by atoms with Crippen LogP contribution in [0, 0.1) is 13.8 Å². The van der Waals surface area contributed by atoms with Crippen molar-refractivity contribution < 1.29 is 9.15 Å². The van der Waals surface area contributed by atoms with Gasteiger partial charge in [0.15, 0.2) is 0 Å². The lowest BCUT2D eigenvalue weighted by Gasteiger charge is -2.09. The van der Waals surface area contributed by atoms with Crippen LogP contribution in [0.2, 0.25) is 0 Å². The molecule has 5 nitrogen and oxygen atoms in total. The van der Waals surface area contributed by atoms with Crippen LogP contribution >= 0.6 is 0 Å². The van der Waals surface area contributed by atoms with Crippen molar-refractivity contribution in [3.8, 4) is 17.1 Å². The monoisotopic (exact) mass is 421 g/mol. The van der Waals surface area contributed by atoms with E-state index in [-0.39, 0.29) is 0 Å². The lowest BCUT2D eigenvalue weighted by molar-refractivity contribution is 0.415. The van der Waals surface area contributed by atoms with E-state index in [1.807, 2.05) is 66.7 Å². The van der Waals surface area contributed by atoms with Gasteiger partial charge in [0.2, 0.25) is 0 Å². The number of benzene rings is 3. The molecule has 0 bridgehead atoms. The van der Waals surface area contributed by atoms with Crippen molar-refractivity contribution in [2.75, 3.05) is 12.5 Å². The average Bonchev–Trinajstić information content (AvgIpc) is 2.82. The molecule has 158 valence electrons. The third kappa shape index (κ3) is 3.81. The van der Waals surface area contributed by atoms with Gasteiger partial charge in [-0.1, -0.05) is 24.3 Å². The molecule has 2 heterocycles. The first-order chi connectivity index (χ1) is 15.6. The van der Waals surface area contributed by atoms with E-state index in [0.29, 0.717) is 5.82 Å². The maximum atomic E-state index is 6.31. The van der Waals surface area contributed by atoms with Gasteiger partial charge in [-0.15, -0.1) is 0 Å². The molecule has 32 heavy (non-hydrogen) atoms. The van der Waals surface area contributed by atoms with Crippen molar-refractivity contribution in [1.29, 1.82) is 0 Å². The van der Waals surface area contributed by atoms with Crippen molar-refractivity contribution in [3.05, 3.63) is 95.3 Å². The lowest BCUT2D eigenvalue weighted by Crippen LogP contribution is -2.09. The molecule has 0 atom stereocenters. The van der Waals surface area contributed by atoms with Gasteiger partial charge in [-0.2, -0.15) is 5.10 Å². The normalized spacial score (nSPS) is 11.8. The molecule has 0 aliphatic carbocycles. The van der Waals surface area contributed by atoms with Crippen LogP contribution in [0.25, 0.3) is 33.2 Å². The quantitative estimate of drug-likeness (QED) is 0.351. The number of aromatic nitrogens is 1. The number of methoxy groups -OCH3 is 1. The van der Waals surface area contributed by atoms with E-state index in [2.05, 4.69) is 36.4 Å². The standard InChI is InChI=1S/C27H23N3O2/c1-17-14-18(2)27-22(15-17)24(16-25(32-27)20-8-11-21(31-3)12-9-20)29-30-26-13-10-19-6-4-5-7-23(19)28-26/h4-16H,1-3H3,(H,28,30)/b29-24+. The van der Waals surface area contributed by atoms with Crippen LogP contribution in [-0.4, -0.2) is 12.1 Å². The summed E-state index contributed by atoms with van der Waals surface area (Å²) in [5, 5.41) is 7.55. The van der Waals surface area contributed by atoms with Crippen LogP contribution in [-0.2, 0) is 0 Å². The first kappa shape index (κ1) is 19.8. The number of aryl methyl sites for hydroxylation is 2. The number of anilines is 1.